The minimum atomic E-state index is -3.92. The van der Waals surface area contributed by atoms with Crippen molar-refractivity contribution in [2.75, 3.05) is 4.31 Å². The van der Waals surface area contributed by atoms with Gasteiger partial charge in [0.05, 0.1) is 28.6 Å². The SMILES string of the molecule is Cc1cc(COc2ccc(N3C(CC(=O)NO)c4ccccc4S3(=O)=O)cc2)c2cc(F)ccc2n1. The van der Waals surface area contributed by atoms with Crippen LogP contribution in [-0.2, 0) is 21.4 Å². The number of pyridine rings is 1. The van der Waals surface area contributed by atoms with E-state index in [1.807, 2.05) is 13.0 Å². The topological polar surface area (TPSA) is 109 Å². The molecule has 36 heavy (non-hydrogen) atoms. The van der Waals surface area contributed by atoms with Crippen LogP contribution in [0.3, 0.4) is 0 Å². The van der Waals surface area contributed by atoms with Crippen molar-refractivity contribution >= 4 is 32.5 Å². The molecule has 1 aromatic heterocycles. The van der Waals surface area contributed by atoms with Crippen LogP contribution in [0.5, 0.6) is 5.75 Å². The fourth-order valence-corrected chi connectivity index (χ4v) is 6.40. The van der Waals surface area contributed by atoms with Crippen LogP contribution in [-0.4, -0.2) is 24.5 Å². The Morgan fingerprint density at radius 3 is 2.61 bits per heavy atom. The van der Waals surface area contributed by atoms with Gasteiger partial charge in [-0.15, -0.1) is 0 Å². The number of nitrogens with zero attached hydrogens (tertiary/aromatic N) is 2. The van der Waals surface area contributed by atoms with Gasteiger partial charge in [0.2, 0.25) is 5.91 Å². The van der Waals surface area contributed by atoms with Gasteiger partial charge in [0.1, 0.15) is 18.2 Å². The normalized spacial score (nSPS) is 16.1. The first kappa shape index (κ1) is 23.7. The predicted octanol–water partition coefficient (Wildman–Crippen LogP) is 4.41. The molecule has 2 heterocycles. The third-order valence-electron chi connectivity index (χ3n) is 6.07. The zero-order valence-electron chi connectivity index (χ0n) is 19.2. The van der Waals surface area contributed by atoms with E-state index < -0.39 is 22.0 Å². The van der Waals surface area contributed by atoms with Gasteiger partial charge in [0.15, 0.2) is 0 Å². The van der Waals surface area contributed by atoms with E-state index in [1.54, 1.807) is 54.0 Å². The lowest BCUT2D eigenvalue weighted by Gasteiger charge is -2.25. The van der Waals surface area contributed by atoms with Crippen molar-refractivity contribution in [3.8, 4) is 5.75 Å². The molecule has 0 saturated carbocycles. The number of amides is 1. The van der Waals surface area contributed by atoms with Gasteiger partial charge in [-0.2, -0.15) is 0 Å². The summed E-state index contributed by atoms with van der Waals surface area (Å²) in [5.74, 6) is -0.583. The van der Waals surface area contributed by atoms with Gasteiger partial charge >= 0.3 is 0 Å². The number of hydrogen-bond acceptors (Lipinski definition) is 6. The van der Waals surface area contributed by atoms with E-state index in [0.29, 0.717) is 27.9 Å². The summed E-state index contributed by atoms with van der Waals surface area (Å²) in [5, 5.41) is 9.66. The van der Waals surface area contributed by atoms with Crippen molar-refractivity contribution in [3.05, 3.63) is 95.4 Å². The molecule has 1 amide bonds. The van der Waals surface area contributed by atoms with E-state index in [-0.39, 0.29) is 23.7 Å². The molecule has 4 aromatic rings. The summed E-state index contributed by atoms with van der Waals surface area (Å²) in [6.45, 7) is 2.01. The Hall–Kier alpha value is -4.02. The maximum atomic E-state index is 13.8. The summed E-state index contributed by atoms with van der Waals surface area (Å²) in [6.07, 6.45) is -0.254. The van der Waals surface area contributed by atoms with Gasteiger partial charge in [0.25, 0.3) is 10.0 Å². The van der Waals surface area contributed by atoms with Gasteiger partial charge in [-0.25, -0.2) is 18.3 Å². The fraction of sp³-hybridized carbons (Fsp3) is 0.154. The molecule has 1 aliphatic heterocycles. The number of carbonyl (C=O) groups is 1. The highest BCUT2D eigenvalue weighted by Gasteiger charge is 2.43. The molecule has 3 aromatic carbocycles. The summed E-state index contributed by atoms with van der Waals surface area (Å²) in [5.41, 5.74) is 4.62. The number of carbonyl (C=O) groups excluding carboxylic acids is 1. The van der Waals surface area contributed by atoms with Crippen LogP contribution < -0.4 is 14.5 Å². The van der Waals surface area contributed by atoms with E-state index >= 15 is 0 Å². The van der Waals surface area contributed by atoms with Gasteiger partial charge in [0, 0.05) is 16.6 Å². The number of anilines is 1. The summed E-state index contributed by atoms with van der Waals surface area (Å²) >= 11 is 0. The third-order valence-corrected chi connectivity index (χ3v) is 7.98. The largest absolute Gasteiger partial charge is 0.489 e. The van der Waals surface area contributed by atoms with Crippen molar-refractivity contribution in [3.63, 3.8) is 0 Å². The minimum absolute atomic E-state index is 0.119. The Kier molecular flexibility index (Phi) is 6.07. The first-order valence-electron chi connectivity index (χ1n) is 11.1. The lowest BCUT2D eigenvalue weighted by Crippen LogP contribution is -2.32. The van der Waals surface area contributed by atoms with Gasteiger partial charge in [-0.3, -0.25) is 19.3 Å². The number of hydrogen-bond donors (Lipinski definition) is 2. The van der Waals surface area contributed by atoms with Crippen molar-refractivity contribution in [1.29, 1.82) is 0 Å². The maximum absolute atomic E-state index is 13.8. The first-order valence-corrected chi connectivity index (χ1v) is 12.6. The summed E-state index contributed by atoms with van der Waals surface area (Å²) in [4.78, 5) is 16.5. The van der Waals surface area contributed by atoms with E-state index in [4.69, 9.17) is 9.94 Å². The summed E-state index contributed by atoms with van der Waals surface area (Å²) < 4.78 is 47.5. The Labute approximate surface area is 207 Å². The van der Waals surface area contributed by atoms with Crippen LogP contribution in [0.15, 0.2) is 77.7 Å². The highest BCUT2D eigenvalue weighted by molar-refractivity contribution is 7.93. The molecule has 8 nitrogen and oxygen atoms in total. The number of rotatable bonds is 6. The molecule has 1 unspecified atom stereocenters. The van der Waals surface area contributed by atoms with Crippen LogP contribution in [0.2, 0.25) is 0 Å². The predicted molar refractivity (Wildman–Crippen MR) is 131 cm³/mol. The summed E-state index contributed by atoms with van der Waals surface area (Å²) in [7, 11) is -3.92. The minimum Gasteiger partial charge on any atom is -0.489 e. The van der Waals surface area contributed by atoms with Gasteiger partial charge in [-0.05, 0) is 67.1 Å². The molecule has 0 saturated heterocycles. The van der Waals surface area contributed by atoms with Crippen LogP contribution in [0, 0.1) is 12.7 Å². The monoisotopic (exact) mass is 507 g/mol. The van der Waals surface area contributed by atoms with Gasteiger partial charge < -0.3 is 4.74 Å². The number of hydroxylamine groups is 1. The second-order valence-corrected chi connectivity index (χ2v) is 10.2. The molecule has 0 bridgehead atoms. The van der Waals surface area contributed by atoms with Crippen LogP contribution in [0.4, 0.5) is 10.1 Å². The lowest BCUT2D eigenvalue weighted by atomic mass is 10.0. The summed E-state index contributed by atoms with van der Waals surface area (Å²) in [6, 6.07) is 18.4. The lowest BCUT2D eigenvalue weighted by molar-refractivity contribution is -0.129. The molecular formula is C26H22FN3O5S. The number of aryl methyl sites for hydroxylation is 1. The fourth-order valence-electron chi connectivity index (χ4n) is 4.51. The number of nitrogens with one attached hydrogen (secondary N) is 1. The smallest absolute Gasteiger partial charge is 0.265 e. The van der Waals surface area contributed by atoms with Gasteiger partial charge in [-0.1, -0.05) is 18.2 Å². The Morgan fingerprint density at radius 2 is 1.86 bits per heavy atom. The molecule has 184 valence electrons. The highest BCUT2D eigenvalue weighted by Crippen LogP contribution is 2.44. The van der Waals surface area contributed by atoms with Crippen LogP contribution >= 0.6 is 0 Å². The Bertz CT molecular complexity index is 1570. The number of aromatic nitrogens is 1. The molecule has 10 heteroatoms. The number of halogens is 1. The average Bonchev–Trinajstić information content (AvgIpc) is 3.09. The second kappa shape index (κ2) is 9.21. The standard InChI is InChI=1S/C26H22FN3O5S/c1-16-12-17(22-13-18(27)6-11-23(22)28-16)15-35-20-9-7-19(8-10-20)30-24(14-26(31)29-32)21-4-2-3-5-25(21)36(30,33)34/h2-13,24,32H,14-15H2,1H3,(H,29,31). The molecule has 0 spiro atoms. The van der Waals surface area contributed by atoms with Crippen LogP contribution in [0.25, 0.3) is 10.9 Å². The number of sulfonamides is 1. The molecular weight excluding hydrogens is 485 g/mol. The average molecular weight is 508 g/mol. The Balaban J connectivity index is 1.42. The van der Waals surface area contributed by atoms with Crippen molar-refractivity contribution in [1.82, 2.24) is 10.5 Å². The van der Waals surface area contributed by atoms with E-state index in [1.165, 1.54) is 22.5 Å². The van der Waals surface area contributed by atoms with E-state index in [2.05, 4.69) is 4.98 Å². The van der Waals surface area contributed by atoms with E-state index in [9.17, 15) is 17.6 Å². The molecule has 1 aliphatic rings. The van der Waals surface area contributed by atoms with Crippen molar-refractivity contribution in [2.45, 2.75) is 30.9 Å². The maximum Gasteiger partial charge on any atom is 0.265 e. The molecule has 2 N–H and O–H groups in total. The first-order chi connectivity index (χ1) is 17.3. The number of benzene rings is 3. The van der Waals surface area contributed by atoms with Crippen LogP contribution in [0.1, 0.15) is 29.3 Å². The number of fused-ring (bicyclic) bond motifs is 2. The zero-order valence-corrected chi connectivity index (χ0v) is 20.0. The molecule has 0 radical (unpaired) electrons. The highest BCUT2D eigenvalue weighted by atomic mass is 32.2. The molecule has 0 fully saturated rings. The molecule has 0 aliphatic carbocycles. The zero-order chi connectivity index (χ0) is 25.4. The second-order valence-electron chi connectivity index (χ2n) is 8.46. The third kappa shape index (κ3) is 4.25. The molecule has 1 atom stereocenters. The Morgan fingerprint density at radius 1 is 1.11 bits per heavy atom. The quantitative estimate of drug-likeness (QED) is 0.296. The molecule has 5 rings (SSSR count). The number of ether oxygens (including phenoxy) is 1. The van der Waals surface area contributed by atoms with Crippen molar-refractivity contribution < 1.29 is 27.5 Å². The van der Waals surface area contributed by atoms with E-state index in [0.717, 1.165) is 11.3 Å². The van der Waals surface area contributed by atoms with Crippen molar-refractivity contribution in [2.24, 2.45) is 0 Å².